The maximum absolute atomic E-state index is 10.8. The van der Waals surface area contributed by atoms with Crippen molar-refractivity contribution in [2.45, 2.75) is 13.5 Å². The van der Waals surface area contributed by atoms with Crippen molar-refractivity contribution in [3.05, 3.63) is 66.1 Å². The van der Waals surface area contributed by atoms with Gasteiger partial charge in [0.15, 0.2) is 0 Å². The number of aryl methyl sites for hydroxylation is 1. The van der Waals surface area contributed by atoms with Gasteiger partial charge in [0.05, 0.1) is 10.6 Å². The molecule has 0 heterocycles. The first-order chi connectivity index (χ1) is 9.88. The number of anilines is 1. The van der Waals surface area contributed by atoms with Crippen LogP contribution in [-0.4, -0.2) is 4.92 Å². The van der Waals surface area contributed by atoms with Crippen LogP contribution in [0.5, 0.6) is 0 Å². The van der Waals surface area contributed by atoms with E-state index in [2.05, 4.69) is 21.2 Å². The predicted molar refractivity (Wildman–Crippen MR) is 89.3 cm³/mol. The lowest BCUT2D eigenvalue weighted by atomic mass is 10.2. The van der Waals surface area contributed by atoms with Crippen molar-refractivity contribution in [2.24, 2.45) is 0 Å². The monoisotopic (exact) mass is 388 g/mol. The Morgan fingerprint density at radius 2 is 1.95 bits per heavy atom. The number of nitrogens with zero attached hydrogens (tertiary/aromatic N) is 1. The van der Waals surface area contributed by atoms with Crippen LogP contribution < -0.4 is 5.32 Å². The van der Waals surface area contributed by atoms with E-state index in [1.807, 2.05) is 13.0 Å². The Hall–Kier alpha value is -1.30. The molecule has 21 heavy (non-hydrogen) atoms. The third kappa shape index (κ3) is 3.87. The number of halogens is 3. The largest absolute Gasteiger partial charge is 0.380 e. The molecule has 0 aliphatic carbocycles. The van der Waals surface area contributed by atoms with Crippen molar-refractivity contribution < 1.29 is 4.92 Å². The van der Waals surface area contributed by atoms with Crippen molar-refractivity contribution in [2.75, 3.05) is 5.32 Å². The number of rotatable bonds is 4. The molecule has 2 aromatic carbocycles. The molecule has 0 atom stereocenters. The average molecular weight is 390 g/mol. The van der Waals surface area contributed by atoms with Gasteiger partial charge in [-0.3, -0.25) is 10.1 Å². The summed E-state index contributed by atoms with van der Waals surface area (Å²) in [6.07, 6.45) is 0. The smallest absolute Gasteiger partial charge is 0.269 e. The molecule has 0 unspecified atom stereocenters. The van der Waals surface area contributed by atoms with Gasteiger partial charge in [-0.05, 0) is 52.2 Å². The standard InChI is InChI=1S/C14H11BrCl2N2O2/c1-8-4-11(15)14(6-13(8)17)18-7-9-5-10(19(20)21)2-3-12(9)16/h2-6,18H,7H2,1H3. The highest BCUT2D eigenvalue weighted by Gasteiger charge is 2.10. The van der Waals surface area contributed by atoms with Crippen LogP contribution in [0, 0.1) is 17.0 Å². The molecule has 4 nitrogen and oxygen atoms in total. The molecule has 0 aliphatic heterocycles. The molecule has 0 spiro atoms. The van der Waals surface area contributed by atoms with Gasteiger partial charge in [0.2, 0.25) is 0 Å². The second kappa shape index (κ2) is 6.64. The SMILES string of the molecule is Cc1cc(Br)c(NCc2cc([N+](=O)[O-])ccc2Cl)cc1Cl. The van der Waals surface area contributed by atoms with Crippen molar-refractivity contribution in [1.82, 2.24) is 0 Å². The Labute approximate surface area is 140 Å². The zero-order chi connectivity index (χ0) is 15.6. The van der Waals surface area contributed by atoms with E-state index in [4.69, 9.17) is 23.2 Å². The third-order valence-electron chi connectivity index (χ3n) is 2.96. The first-order valence-electron chi connectivity index (χ1n) is 6.01. The highest BCUT2D eigenvalue weighted by molar-refractivity contribution is 9.10. The number of benzene rings is 2. The molecule has 2 rings (SSSR count). The fourth-order valence-corrected chi connectivity index (χ4v) is 2.73. The fourth-order valence-electron chi connectivity index (χ4n) is 1.78. The van der Waals surface area contributed by atoms with Crippen LogP contribution in [-0.2, 0) is 6.54 Å². The maximum Gasteiger partial charge on any atom is 0.269 e. The van der Waals surface area contributed by atoms with Gasteiger partial charge < -0.3 is 5.32 Å². The summed E-state index contributed by atoms with van der Waals surface area (Å²) in [4.78, 5) is 10.3. The molecule has 0 aromatic heterocycles. The molecule has 1 N–H and O–H groups in total. The van der Waals surface area contributed by atoms with Crippen LogP contribution in [0.25, 0.3) is 0 Å². The molecule has 0 saturated heterocycles. The molecule has 0 saturated carbocycles. The fraction of sp³-hybridized carbons (Fsp3) is 0.143. The lowest BCUT2D eigenvalue weighted by molar-refractivity contribution is -0.384. The second-order valence-corrected chi connectivity index (χ2v) is 6.14. The average Bonchev–Trinajstić information content (AvgIpc) is 2.42. The van der Waals surface area contributed by atoms with Gasteiger partial charge in [-0.1, -0.05) is 23.2 Å². The zero-order valence-electron chi connectivity index (χ0n) is 11.0. The van der Waals surface area contributed by atoms with E-state index in [9.17, 15) is 10.1 Å². The van der Waals surface area contributed by atoms with E-state index >= 15 is 0 Å². The minimum absolute atomic E-state index is 0.0113. The molecule has 0 bridgehead atoms. The zero-order valence-corrected chi connectivity index (χ0v) is 14.1. The van der Waals surface area contributed by atoms with E-state index in [1.165, 1.54) is 18.2 Å². The van der Waals surface area contributed by atoms with Gasteiger partial charge in [0.25, 0.3) is 5.69 Å². The van der Waals surface area contributed by atoms with Crippen molar-refractivity contribution in [3.63, 3.8) is 0 Å². The predicted octanol–water partition coefficient (Wildman–Crippen LogP) is 5.58. The molecule has 0 radical (unpaired) electrons. The summed E-state index contributed by atoms with van der Waals surface area (Å²) in [5.41, 5.74) is 2.42. The summed E-state index contributed by atoms with van der Waals surface area (Å²) >= 11 is 15.6. The van der Waals surface area contributed by atoms with Crippen LogP contribution in [0.4, 0.5) is 11.4 Å². The van der Waals surface area contributed by atoms with Gasteiger partial charge in [0, 0.05) is 33.2 Å². The number of nitro benzene ring substituents is 1. The Balaban J connectivity index is 2.22. The Morgan fingerprint density at radius 1 is 1.24 bits per heavy atom. The molecule has 110 valence electrons. The third-order valence-corrected chi connectivity index (χ3v) is 4.39. The Kier molecular flexibility index (Phi) is 5.08. The number of non-ortho nitro benzene ring substituents is 1. The van der Waals surface area contributed by atoms with Crippen LogP contribution in [0.15, 0.2) is 34.8 Å². The number of hydrogen-bond acceptors (Lipinski definition) is 3. The van der Waals surface area contributed by atoms with Gasteiger partial charge in [0.1, 0.15) is 0 Å². The Morgan fingerprint density at radius 3 is 2.62 bits per heavy atom. The van der Waals surface area contributed by atoms with Gasteiger partial charge in [-0.2, -0.15) is 0 Å². The molecule has 2 aromatic rings. The summed E-state index contributed by atoms with van der Waals surface area (Å²) in [6, 6.07) is 8.06. The molecule has 0 aliphatic rings. The van der Waals surface area contributed by atoms with Crippen molar-refractivity contribution in [1.29, 1.82) is 0 Å². The quantitative estimate of drug-likeness (QED) is 0.548. The Bertz CT molecular complexity index is 708. The van der Waals surface area contributed by atoms with Crippen LogP contribution in [0.2, 0.25) is 10.0 Å². The molecule has 0 fully saturated rings. The van der Waals surface area contributed by atoms with Gasteiger partial charge in [-0.25, -0.2) is 0 Å². The van der Waals surface area contributed by atoms with E-state index in [0.717, 1.165) is 15.7 Å². The first kappa shape index (κ1) is 16.1. The van der Waals surface area contributed by atoms with Crippen LogP contribution in [0.3, 0.4) is 0 Å². The lowest BCUT2D eigenvalue weighted by Crippen LogP contribution is -2.02. The van der Waals surface area contributed by atoms with Crippen molar-refractivity contribution in [3.8, 4) is 0 Å². The highest BCUT2D eigenvalue weighted by atomic mass is 79.9. The van der Waals surface area contributed by atoms with Crippen LogP contribution >= 0.6 is 39.1 Å². The summed E-state index contributed by atoms with van der Waals surface area (Å²) in [7, 11) is 0. The maximum atomic E-state index is 10.8. The number of hydrogen-bond donors (Lipinski definition) is 1. The lowest BCUT2D eigenvalue weighted by Gasteiger charge is -2.11. The molecule has 7 heteroatoms. The molecule has 0 amide bonds. The second-order valence-electron chi connectivity index (χ2n) is 4.47. The number of nitro groups is 1. The van der Waals surface area contributed by atoms with E-state index in [0.29, 0.717) is 22.2 Å². The minimum atomic E-state index is -0.446. The number of nitrogens with one attached hydrogen (secondary N) is 1. The van der Waals surface area contributed by atoms with E-state index < -0.39 is 4.92 Å². The first-order valence-corrected chi connectivity index (χ1v) is 7.55. The normalized spacial score (nSPS) is 10.5. The highest BCUT2D eigenvalue weighted by Crippen LogP contribution is 2.30. The summed E-state index contributed by atoms with van der Waals surface area (Å²) in [6.45, 7) is 2.27. The van der Waals surface area contributed by atoms with Crippen LogP contribution in [0.1, 0.15) is 11.1 Å². The summed E-state index contributed by atoms with van der Waals surface area (Å²) in [5, 5.41) is 15.1. The summed E-state index contributed by atoms with van der Waals surface area (Å²) < 4.78 is 0.867. The van der Waals surface area contributed by atoms with Crippen molar-refractivity contribution >= 4 is 50.5 Å². The van der Waals surface area contributed by atoms with E-state index in [1.54, 1.807) is 6.07 Å². The van der Waals surface area contributed by atoms with Gasteiger partial charge in [-0.15, -0.1) is 0 Å². The molecular weight excluding hydrogens is 379 g/mol. The summed E-state index contributed by atoms with van der Waals surface area (Å²) in [5.74, 6) is 0. The van der Waals surface area contributed by atoms with E-state index in [-0.39, 0.29) is 5.69 Å². The minimum Gasteiger partial charge on any atom is -0.380 e. The molecular formula is C14H11BrCl2N2O2. The van der Waals surface area contributed by atoms with Gasteiger partial charge >= 0.3 is 0 Å². The topological polar surface area (TPSA) is 55.2 Å².